The number of rotatable bonds is 3. The number of fused-ring (bicyclic) bond motifs is 1. The van der Waals surface area contributed by atoms with Crippen LogP contribution in [0.2, 0.25) is 0 Å². The summed E-state index contributed by atoms with van der Waals surface area (Å²) in [5.41, 5.74) is 3.51. The van der Waals surface area contributed by atoms with Crippen molar-refractivity contribution < 1.29 is 9.72 Å². The number of nitrogens with one attached hydrogen (secondary N) is 1. The number of non-ortho nitro benzene ring substituents is 1. The van der Waals surface area contributed by atoms with Gasteiger partial charge in [-0.3, -0.25) is 14.9 Å². The number of hydrogen-bond donors (Lipinski definition) is 1. The summed E-state index contributed by atoms with van der Waals surface area (Å²) in [6.07, 6.45) is 0. The lowest BCUT2D eigenvalue weighted by atomic mass is 10.2. The first-order valence-corrected chi connectivity index (χ1v) is 6.90. The Morgan fingerprint density at radius 2 is 1.95 bits per heavy atom. The Kier molecular flexibility index (Phi) is 3.33. The average molecular weight is 299 g/mol. The predicted octanol–water partition coefficient (Wildman–Crippen LogP) is 3.46. The number of carbonyl (C=O) groups excluding carboxylic acids is 1. The van der Waals surface area contributed by atoms with Gasteiger partial charge in [-0.2, -0.15) is 0 Å². The molecule has 1 aromatic heterocycles. The molecule has 0 fully saturated rings. The maximum Gasteiger partial charge on any atom is 0.269 e. The molecule has 0 saturated carbocycles. The van der Waals surface area contributed by atoms with Crippen LogP contribution in [0, 0.1) is 10.1 Å². The molecule has 0 saturated heterocycles. The van der Waals surface area contributed by atoms with Crippen LogP contribution in [0.1, 0.15) is 10.4 Å². The van der Waals surface area contributed by atoms with Gasteiger partial charge >= 0.3 is 0 Å². The van der Waals surface area contributed by atoms with Crippen LogP contribution in [0.4, 0.5) is 11.4 Å². The van der Waals surface area contributed by atoms with E-state index in [1.165, 1.54) is 35.6 Å². The number of anilines is 1. The Labute approximate surface area is 123 Å². The molecular formula is C14H9N3O3S. The number of thiazole rings is 1. The number of nitro benzene ring substituents is 1. The summed E-state index contributed by atoms with van der Waals surface area (Å²) in [5, 5.41) is 13.3. The number of aromatic nitrogens is 1. The van der Waals surface area contributed by atoms with E-state index in [0.29, 0.717) is 11.3 Å². The van der Waals surface area contributed by atoms with Crippen LogP contribution in [0.15, 0.2) is 48.0 Å². The molecule has 0 radical (unpaired) electrons. The van der Waals surface area contributed by atoms with Crippen LogP contribution in [-0.4, -0.2) is 15.8 Å². The normalized spacial score (nSPS) is 10.5. The molecular weight excluding hydrogens is 290 g/mol. The van der Waals surface area contributed by atoms with Gasteiger partial charge in [-0.15, -0.1) is 11.3 Å². The number of nitro groups is 1. The second kappa shape index (κ2) is 5.29. The van der Waals surface area contributed by atoms with Crippen LogP contribution < -0.4 is 5.32 Å². The Morgan fingerprint density at radius 1 is 1.19 bits per heavy atom. The summed E-state index contributed by atoms with van der Waals surface area (Å²) in [7, 11) is 0. The molecule has 0 unspecified atom stereocenters. The van der Waals surface area contributed by atoms with Crippen LogP contribution >= 0.6 is 11.3 Å². The van der Waals surface area contributed by atoms with Gasteiger partial charge in [0.1, 0.15) is 0 Å². The fourth-order valence-corrected chi connectivity index (χ4v) is 2.53. The van der Waals surface area contributed by atoms with Gasteiger partial charge in [0, 0.05) is 23.4 Å². The van der Waals surface area contributed by atoms with Gasteiger partial charge in [0.25, 0.3) is 11.6 Å². The largest absolute Gasteiger partial charge is 0.322 e. The standard InChI is InChI=1S/C14H9N3O3S/c18-14(9-1-4-11(5-2-9)17(19)20)16-10-3-6-13-12(7-10)15-8-21-13/h1-8H,(H,16,18). The average Bonchev–Trinajstić information content (AvgIpc) is 2.95. The maximum atomic E-state index is 12.1. The number of carbonyl (C=O) groups is 1. The van der Waals surface area contributed by atoms with Crippen LogP contribution in [0.5, 0.6) is 0 Å². The Bertz CT molecular complexity index is 827. The van der Waals surface area contributed by atoms with Crippen molar-refractivity contribution in [2.75, 3.05) is 5.32 Å². The molecule has 0 aliphatic heterocycles. The van der Waals surface area contributed by atoms with E-state index in [-0.39, 0.29) is 11.6 Å². The van der Waals surface area contributed by atoms with Crippen LogP contribution in [0.25, 0.3) is 10.2 Å². The van der Waals surface area contributed by atoms with Gasteiger partial charge in [0.15, 0.2) is 0 Å². The third-order valence-corrected chi connectivity index (χ3v) is 3.74. The lowest BCUT2D eigenvalue weighted by Crippen LogP contribution is -2.11. The highest BCUT2D eigenvalue weighted by atomic mass is 32.1. The number of benzene rings is 2. The molecule has 21 heavy (non-hydrogen) atoms. The second-order valence-electron chi connectivity index (χ2n) is 4.29. The van der Waals surface area contributed by atoms with Crippen molar-refractivity contribution in [1.82, 2.24) is 4.98 Å². The van der Waals surface area contributed by atoms with Gasteiger partial charge in [-0.1, -0.05) is 0 Å². The predicted molar refractivity (Wildman–Crippen MR) is 80.7 cm³/mol. The Morgan fingerprint density at radius 3 is 2.67 bits per heavy atom. The van der Waals surface area contributed by atoms with Gasteiger partial charge in [-0.25, -0.2) is 4.98 Å². The number of hydrogen-bond acceptors (Lipinski definition) is 5. The first-order valence-electron chi connectivity index (χ1n) is 6.02. The molecule has 2 aromatic carbocycles. The lowest BCUT2D eigenvalue weighted by molar-refractivity contribution is -0.384. The van der Waals surface area contributed by atoms with E-state index in [1.54, 1.807) is 17.6 Å². The Balaban J connectivity index is 1.80. The maximum absolute atomic E-state index is 12.1. The van der Waals surface area contributed by atoms with Crippen molar-refractivity contribution in [2.24, 2.45) is 0 Å². The molecule has 104 valence electrons. The zero-order chi connectivity index (χ0) is 14.8. The molecule has 3 aromatic rings. The van der Waals surface area contributed by atoms with Crippen molar-refractivity contribution in [1.29, 1.82) is 0 Å². The summed E-state index contributed by atoms with van der Waals surface area (Å²) < 4.78 is 1.04. The van der Waals surface area contributed by atoms with Gasteiger partial charge < -0.3 is 5.32 Å². The highest BCUT2D eigenvalue weighted by molar-refractivity contribution is 7.16. The third-order valence-electron chi connectivity index (χ3n) is 2.93. The van der Waals surface area contributed by atoms with E-state index in [0.717, 1.165) is 10.2 Å². The Hall–Kier alpha value is -2.80. The zero-order valence-corrected chi connectivity index (χ0v) is 11.5. The molecule has 0 bridgehead atoms. The highest BCUT2D eigenvalue weighted by Gasteiger charge is 2.10. The molecule has 1 N–H and O–H groups in total. The smallest absolute Gasteiger partial charge is 0.269 e. The lowest BCUT2D eigenvalue weighted by Gasteiger charge is -2.05. The van der Waals surface area contributed by atoms with Crippen molar-refractivity contribution in [3.8, 4) is 0 Å². The van der Waals surface area contributed by atoms with E-state index in [4.69, 9.17) is 0 Å². The summed E-state index contributed by atoms with van der Waals surface area (Å²) >= 11 is 1.53. The van der Waals surface area contributed by atoms with Gasteiger partial charge in [0.05, 0.1) is 20.7 Å². The summed E-state index contributed by atoms with van der Waals surface area (Å²) in [6, 6.07) is 10.9. The van der Waals surface area contributed by atoms with E-state index >= 15 is 0 Å². The molecule has 0 spiro atoms. The number of nitrogens with zero attached hydrogens (tertiary/aromatic N) is 2. The first kappa shape index (κ1) is 13.2. The topological polar surface area (TPSA) is 85.1 Å². The molecule has 1 heterocycles. The van der Waals surface area contributed by atoms with Crippen molar-refractivity contribution in [2.45, 2.75) is 0 Å². The third kappa shape index (κ3) is 2.72. The van der Waals surface area contributed by atoms with E-state index < -0.39 is 4.92 Å². The van der Waals surface area contributed by atoms with E-state index in [2.05, 4.69) is 10.3 Å². The minimum atomic E-state index is -0.502. The minimum Gasteiger partial charge on any atom is -0.322 e. The summed E-state index contributed by atoms with van der Waals surface area (Å²) in [5.74, 6) is -0.320. The first-order chi connectivity index (χ1) is 10.1. The second-order valence-corrected chi connectivity index (χ2v) is 5.18. The minimum absolute atomic E-state index is 0.0459. The van der Waals surface area contributed by atoms with Crippen LogP contribution in [0.3, 0.4) is 0 Å². The van der Waals surface area contributed by atoms with Crippen LogP contribution in [-0.2, 0) is 0 Å². The SMILES string of the molecule is O=C(Nc1ccc2scnc2c1)c1ccc([N+](=O)[O-])cc1. The molecule has 0 aliphatic carbocycles. The molecule has 3 rings (SSSR count). The van der Waals surface area contributed by atoms with E-state index in [1.807, 2.05) is 6.07 Å². The highest BCUT2D eigenvalue weighted by Crippen LogP contribution is 2.22. The molecule has 0 atom stereocenters. The summed E-state index contributed by atoms with van der Waals surface area (Å²) in [4.78, 5) is 26.3. The van der Waals surface area contributed by atoms with Gasteiger partial charge in [0.2, 0.25) is 0 Å². The fraction of sp³-hybridized carbons (Fsp3) is 0. The van der Waals surface area contributed by atoms with Crippen molar-refractivity contribution in [3.63, 3.8) is 0 Å². The molecule has 6 nitrogen and oxygen atoms in total. The zero-order valence-electron chi connectivity index (χ0n) is 10.6. The van der Waals surface area contributed by atoms with Crippen molar-refractivity contribution in [3.05, 3.63) is 63.7 Å². The monoisotopic (exact) mass is 299 g/mol. The van der Waals surface area contributed by atoms with Gasteiger partial charge in [-0.05, 0) is 30.3 Å². The molecule has 0 aliphatic rings. The quantitative estimate of drug-likeness (QED) is 0.593. The fourth-order valence-electron chi connectivity index (χ4n) is 1.87. The number of amides is 1. The van der Waals surface area contributed by atoms with E-state index in [9.17, 15) is 14.9 Å². The molecule has 1 amide bonds. The van der Waals surface area contributed by atoms with Crippen molar-refractivity contribution >= 4 is 38.8 Å². The molecule has 7 heteroatoms. The summed E-state index contributed by atoms with van der Waals surface area (Å²) in [6.45, 7) is 0.